The zero-order valence-electron chi connectivity index (χ0n) is 11.2. The minimum Gasteiger partial charge on any atom is -0.467 e. The molecule has 0 fully saturated rings. The van der Waals surface area contributed by atoms with Gasteiger partial charge in [0.15, 0.2) is 5.11 Å². The molecule has 1 aromatic heterocycles. The summed E-state index contributed by atoms with van der Waals surface area (Å²) in [7, 11) is 0. The monoisotopic (exact) mass is 332 g/mol. The average Bonchev–Trinajstić information content (AvgIpc) is 2.96. The predicted octanol–water partition coefficient (Wildman–Crippen LogP) is 3.60. The Kier molecular flexibility index (Phi) is 5.02. The fraction of sp³-hybridized carbons (Fsp3) is 0.214. The van der Waals surface area contributed by atoms with E-state index in [0.717, 1.165) is 12.1 Å². The summed E-state index contributed by atoms with van der Waals surface area (Å²) in [5, 5.41) is 5.64. The highest BCUT2D eigenvalue weighted by atomic mass is 32.1. The number of thiocarbonyl (C=S) groups is 1. The number of benzene rings is 1. The number of halogens is 4. The summed E-state index contributed by atoms with van der Waals surface area (Å²) in [6.07, 6.45) is -3.01. The molecule has 0 radical (unpaired) electrons. The highest BCUT2D eigenvalue weighted by Gasteiger charge is 2.31. The highest BCUT2D eigenvalue weighted by molar-refractivity contribution is 7.80. The molecule has 2 N–H and O–H groups in total. The molecule has 0 saturated carbocycles. The van der Waals surface area contributed by atoms with Gasteiger partial charge in [-0.2, -0.15) is 13.2 Å². The number of alkyl halides is 3. The van der Waals surface area contributed by atoms with Crippen molar-refractivity contribution in [3.63, 3.8) is 0 Å². The van der Waals surface area contributed by atoms with Crippen LogP contribution in [0.5, 0.6) is 0 Å². The molecule has 0 aliphatic heterocycles. The number of hydrogen-bond donors (Lipinski definition) is 2. The Balaban J connectivity index is 1.91. The maximum atomic E-state index is 13.5. The second-order valence-electron chi connectivity index (χ2n) is 4.42. The lowest BCUT2D eigenvalue weighted by atomic mass is 10.1. The zero-order chi connectivity index (χ0) is 16.2. The molecule has 118 valence electrons. The van der Waals surface area contributed by atoms with Crippen LogP contribution in [0, 0.1) is 5.82 Å². The van der Waals surface area contributed by atoms with E-state index >= 15 is 0 Å². The van der Waals surface area contributed by atoms with Crippen molar-refractivity contribution in [2.24, 2.45) is 0 Å². The van der Waals surface area contributed by atoms with Crippen molar-refractivity contribution in [3.8, 4) is 0 Å². The van der Waals surface area contributed by atoms with Gasteiger partial charge in [-0.25, -0.2) is 4.39 Å². The molecule has 2 rings (SSSR count). The van der Waals surface area contributed by atoms with Gasteiger partial charge in [-0.3, -0.25) is 0 Å². The third-order valence-corrected chi connectivity index (χ3v) is 3.10. The molecule has 0 aliphatic rings. The first-order valence-corrected chi connectivity index (χ1v) is 6.67. The van der Waals surface area contributed by atoms with Gasteiger partial charge < -0.3 is 15.1 Å². The van der Waals surface area contributed by atoms with E-state index < -0.39 is 17.6 Å². The molecule has 22 heavy (non-hydrogen) atoms. The van der Waals surface area contributed by atoms with Gasteiger partial charge in [0.25, 0.3) is 0 Å². The number of nitrogens with one attached hydrogen (secondary N) is 2. The molecule has 2 aromatic rings. The molecular weight excluding hydrogens is 320 g/mol. The summed E-state index contributed by atoms with van der Waals surface area (Å²) in [6, 6.07) is 5.70. The van der Waals surface area contributed by atoms with E-state index in [1.54, 1.807) is 12.1 Å². The van der Waals surface area contributed by atoms with Gasteiger partial charge in [0, 0.05) is 12.1 Å². The summed E-state index contributed by atoms with van der Waals surface area (Å²) < 4.78 is 56.4. The van der Waals surface area contributed by atoms with E-state index in [4.69, 9.17) is 16.6 Å². The van der Waals surface area contributed by atoms with Crippen LogP contribution in [0.4, 0.5) is 17.6 Å². The van der Waals surface area contributed by atoms with Crippen LogP contribution in [-0.4, -0.2) is 5.11 Å². The third kappa shape index (κ3) is 4.45. The lowest BCUT2D eigenvalue weighted by molar-refractivity contribution is -0.137. The highest BCUT2D eigenvalue weighted by Crippen LogP contribution is 2.30. The van der Waals surface area contributed by atoms with E-state index in [9.17, 15) is 17.6 Å². The molecule has 0 bridgehead atoms. The molecular formula is C14H12F4N2OS. The molecule has 3 nitrogen and oxygen atoms in total. The zero-order valence-corrected chi connectivity index (χ0v) is 12.0. The van der Waals surface area contributed by atoms with Crippen LogP contribution in [0.15, 0.2) is 41.0 Å². The van der Waals surface area contributed by atoms with Crippen molar-refractivity contribution in [1.82, 2.24) is 10.6 Å². The Morgan fingerprint density at radius 1 is 1.14 bits per heavy atom. The number of hydrogen-bond acceptors (Lipinski definition) is 2. The van der Waals surface area contributed by atoms with Gasteiger partial charge in [0.2, 0.25) is 0 Å². The van der Waals surface area contributed by atoms with E-state index in [1.807, 2.05) is 0 Å². The van der Waals surface area contributed by atoms with E-state index in [2.05, 4.69) is 10.6 Å². The van der Waals surface area contributed by atoms with Crippen molar-refractivity contribution < 1.29 is 22.0 Å². The fourth-order valence-electron chi connectivity index (χ4n) is 1.71. The average molecular weight is 332 g/mol. The summed E-state index contributed by atoms with van der Waals surface area (Å²) in [6.45, 7) is 0.170. The first-order valence-electron chi connectivity index (χ1n) is 6.26. The molecule has 8 heteroatoms. The first kappa shape index (κ1) is 16.3. The Bertz CT molecular complexity index is 641. The standard InChI is InChI=1S/C14H12F4N2OS/c15-12-4-3-10(14(16,17)18)6-9(12)7-19-13(22)20-8-11-2-1-5-21-11/h1-6H,7-8H2,(H2,19,20,22). The van der Waals surface area contributed by atoms with Crippen LogP contribution in [0.1, 0.15) is 16.9 Å². The van der Waals surface area contributed by atoms with Crippen molar-refractivity contribution in [2.45, 2.75) is 19.3 Å². The maximum Gasteiger partial charge on any atom is 0.416 e. The van der Waals surface area contributed by atoms with Crippen molar-refractivity contribution >= 4 is 17.3 Å². The van der Waals surface area contributed by atoms with Gasteiger partial charge in [0.05, 0.1) is 18.4 Å². The largest absolute Gasteiger partial charge is 0.467 e. The lowest BCUT2D eigenvalue weighted by Gasteiger charge is -2.12. The molecule has 0 aliphatic carbocycles. The van der Waals surface area contributed by atoms with Gasteiger partial charge in [0.1, 0.15) is 11.6 Å². The topological polar surface area (TPSA) is 37.2 Å². The van der Waals surface area contributed by atoms with Crippen LogP contribution in [0.3, 0.4) is 0 Å². The van der Waals surface area contributed by atoms with E-state index in [0.29, 0.717) is 18.4 Å². The Morgan fingerprint density at radius 3 is 2.50 bits per heavy atom. The Hall–Kier alpha value is -2.09. The molecule has 0 amide bonds. The minimum absolute atomic E-state index is 0.114. The Morgan fingerprint density at radius 2 is 1.86 bits per heavy atom. The second-order valence-corrected chi connectivity index (χ2v) is 4.83. The van der Waals surface area contributed by atoms with Crippen molar-refractivity contribution in [2.75, 3.05) is 0 Å². The van der Waals surface area contributed by atoms with Crippen LogP contribution in [0.25, 0.3) is 0 Å². The predicted molar refractivity (Wildman–Crippen MR) is 76.4 cm³/mol. The van der Waals surface area contributed by atoms with Crippen molar-refractivity contribution in [1.29, 1.82) is 0 Å². The SMILES string of the molecule is Fc1ccc(C(F)(F)F)cc1CNC(=S)NCc1ccco1. The van der Waals surface area contributed by atoms with Gasteiger partial charge >= 0.3 is 6.18 Å². The van der Waals surface area contributed by atoms with Crippen LogP contribution < -0.4 is 10.6 Å². The van der Waals surface area contributed by atoms with Crippen LogP contribution in [-0.2, 0) is 19.3 Å². The minimum atomic E-state index is -4.51. The lowest BCUT2D eigenvalue weighted by Crippen LogP contribution is -2.34. The maximum absolute atomic E-state index is 13.5. The van der Waals surface area contributed by atoms with Gasteiger partial charge in [-0.05, 0) is 42.5 Å². The summed E-state index contributed by atoms with van der Waals surface area (Å²) >= 11 is 4.97. The number of rotatable bonds is 4. The normalized spacial score (nSPS) is 11.3. The van der Waals surface area contributed by atoms with Crippen LogP contribution >= 0.6 is 12.2 Å². The molecule has 1 aromatic carbocycles. The van der Waals surface area contributed by atoms with Crippen molar-refractivity contribution in [3.05, 3.63) is 59.3 Å². The first-order chi connectivity index (χ1) is 10.4. The summed E-state index contributed by atoms with van der Waals surface area (Å²) in [4.78, 5) is 0. The summed E-state index contributed by atoms with van der Waals surface area (Å²) in [5.74, 6) is -0.0799. The molecule has 0 unspecified atom stereocenters. The van der Waals surface area contributed by atoms with Crippen LogP contribution in [0.2, 0.25) is 0 Å². The van der Waals surface area contributed by atoms with Gasteiger partial charge in [-0.1, -0.05) is 0 Å². The van der Waals surface area contributed by atoms with E-state index in [1.165, 1.54) is 6.26 Å². The number of furan rings is 1. The third-order valence-electron chi connectivity index (χ3n) is 2.82. The molecule has 1 heterocycles. The molecule has 0 spiro atoms. The smallest absolute Gasteiger partial charge is 0.416 e. The molecule has 0 atom stereocenters. The molecule has 0 saturated heterocycles. The quantitative estimate of drug-likeness (QED) is 0.663. The van der Waals surface area contributed by atoms with Gasteiger partial charge in [-0.15, -0.1) is 0 Å². The summed E-state index contributed by atoms with van der Waals surface area (Å²) in [5.41, 5.74) is -1.02. The fourth-order valence-corrected chi connectivity index (χ4v) is 1.85. The second kappa shape index (κ2) is 6.78. The van der Waals surface area contributed by atoms with E-state index in [-0.39, 0.29) is 17.2 Å². The Labute approximate surface area is 129 Å².